The quantitative estimate of drug-likeness (QED) is 0.0181. The summed E-state index contributed by atoms with van der Waals surface area (Å²) in [5, 5.41) is 27.5. The Labute approximate surface area is 352 Å². The Kier molecular flexibility index (Phi) is 20.3. The zero-order chi connectivity index (χ0) is 44.4. The van der Waals surface area contributed by atoms with Crippen LogP contribution in [0.4, 0.5) is 4.79 Å². The zero-order valence-electron chi connectivity index (χ0n) is 34.2. The van der Waals surface area contributed by atoms with Crippen molar-refractivity contribution in [3.05, 3.63) is 0 Å². The molecule has 11 amide bonds. The first-order valence-electron chi connectivity index (χ1n) is 20.4. The van der Waals surface area contributed by atoms with Gasteiger partial charge in [-0.15, -0.1) is 0 Å². The molecular weight excluding hydrogens is 807 g/mol. The van der Waals surface area contributed by atoms with Crippen molar-refractivity contribution in [3.63, 3.8) is 0 Å². The van der Waals surface area contributed by atoms with Gasteiger partial charge in [0.15, 0.2) is 0 Å². The number of rotatable bonds is 26. The molecule has 60 heavy (non-hydrogen) atoms. The highest BCUT2D eigenvalue weighted by molar-refractivity contribution is 8.00. The molecule has 3 heterocycles. The van der Waals surface area contributed by atoms with Gasteiger partial charge in [0, 0.05) is 42.9 Å². The van der Waals surface area contributed by atoms with Crippen LogP contribution in [0.15, 0.2) is 0 Å². The normalized spacial score (nSPS) is 20.7. The third-order valence-electron chi connectivity index (χ3n) is 10.4. The summed E-state index contributed by atoms with van der Waals surface area (Å²) < 4.78 is 0. The SMILES string of the molecule is CC(C)CC(CC(=O)NO)C(=O)N1CCC[C@H]1C(=O)N[C@@H](CC(N)=O)C(=O)NCC(=O)NCC(=O)N[C@@H](CCCCNC(=O)CCCC[C@@H]1SC[C@@H]2NC(=O)N[C@@H]21)C(N)=O. The lowest BCUT2D eigenvalue weighted by Crippen LogP contribution is -2.55. The first kappa shape index (κ1) is 49.2. The molecule has 3 aliphatic rings. The average molecular weight is 868 g/mol. The van der Waals surface area contributed by atoms with Crippen LogP contribution >= 0.6 is 11.8 Å². The molecule has 0 bridgehead atoms. The standard InChI is InChI=1S/C37H61N11O11S/c1-20(2)14-21(15-29(51)47-59)36(57)48-13-7-9-25(48)35(56)44-23(16-27(38)49)34(55)42-17-30(52)41-18-31(53)43-22(33(39)54)8-5-6-12-40-28(50)11-4-3-10-26-32-24(19-60-26)45-37(58)46-32/h20-26,32,59H,3-19H2,1-2H3,(H2,38,49)(H2,39,54)(H,40,50)(H,41,52)(H,42,55)(H,43,53)(H,44,56)(H,47,51)(H2,45,46,58)/t21?,22-,23-,24-,25-,26-,32-/m0/s1. The van der Waals surface area contributed by atoms with E-state index in [0.717, 1.165) is 25.0 Å². The molecule has 336 valence electrons. The summed E-state index contributed by atoms with van der Waals surface area (Å²) >= 11 is 1.83. The van der Waals surface area contributed by atoms with Gasteiger partial charge in [-0.05, 0) is 57.3 Å². The Morgan fingerprint density at radius 3 is 2.27 bits per heavy atom. The zero-order valence-corrected chi connectivity index (χ0v) is 35.0. The van der Waals surface area contributed by atoms with Gasteiger partial charge in [-0.2, -0.15) is 11.8 Å². The molecule has 0 spiro atoms. The number of nitrogens with one attached hydrogen (secondary N) is 8. The van der Waals surface area contributed by atoms with Crippen LogP contribution in [0.3, 0.4) is 0 Å². The number of thioether (sulfide) groups is 1. The fourth-order valence-electron chi connectivity index (χ4n) is 7.45. The molecule has 3 aliphatic heterocycles. The molecule has 13 N–H and O–H groups in total. The van der Waals surface area contributed by atoms with Crippen LogP contribution in [0.2, 0.25) is 0 Å². The number of fused-ring (bicyclic) bond motifs is 1. The molecular formula is C37H61N11O11S. The van der Waals surface area contributed by atoms with Crippen molar-refractivity contribution in [1.82, 2.24) is 47.6 Å². The molecule has 7 atom stereocenters. The minimum atomic E-state index is -1.50. The monoisotopic (exact) mass is 867 g/mol. The molecule has 3 fully saturated rings. The smallest absolute Gasteiger partial charge is 0.315 e. The summed E-state index contributed by atoms with van der Waals surface area (Å²) in [4.78, 5) is 125. The van der Waals surface area contributed by atoms with Gasteiger partial charge in [0.1, 0.15) is 18.1 Å². The highest BCUT2D eigenvalue weighted by Crippen LogP contribution is 2.33. The Hall–Kier alpha value is -5.19. The second-order valence-corrected chi connectivity index (χ2v) is 17.0. The van der Waals surface area contributed by atoms with E-state index in [2.05, 4.69) is 37.2 Å². The van der Waals surface area contributed by atoms with Gasteiger partial charge >= 0.3 is 6.03 Å². The number of carbonyl (C=O) groups is 10. The van der Waals surface area contributed by atoms with Gasteiger partial charge < -0.3 is 53.6 Å². The topological polar surface area (TPSA) is 342 Å². The van der Waals surface area contributed by atoms with E-state index >= 15 is 0 Å². The van der Waals surface area contributed by atoms with E-state index in [4.69, 9.17) is 16.7 Å². The second kappa shape index (κ2) is 24.8. The van der Waals surface area contributed by atoms with Gasteiger partial charge in [-0.1, -0.05) is 20.3 Å². The second-order valence-electron chi connectivity index (χ2n) is 15.7. The number of amides is 11. The molecule has 3 saturated heterocycles. The molecule has 22 nitrogen and oxygen atoms in total. The molecule has 0 saturated carbocycles. The van der Waals surface area contributed by atoms with Crippen molar-refractivity contribution >= 4 is 71.0 Å². The molecule has 1 unspecified atom stereocenters. The third-order valence-corrected chi connectivity index (χ3v) is 11.9. The summed E-state index contributed by atoms with van der Waals surface area (Å²) in [7, 11) is 0. The fourth-order valence-corrected chi connectivity index (χ4v) is 9.00. The largest absolute Gasteiger partial charge is 0.370 e. The van der Waals surface area contributed by atoms with Crippen LogP contribution < -0.4 is 54.2 Å². The summed E-state index contributed by atoms with van der Waals surface area (Å²) in [5.74, 6) is -6.17. The lowest BCUT2D eigenvalue weighted by Gasteiger charge is -2.29. The molecule has 0 aliphatic carbocycles. The molecule has 0 aromatic heterocycles. The van der Waals surface area contributed by atoms with Crippen LogP contribution in [0.25, 0.3) is 0 Å². The predicted molar refractivity (Wildman–Crippen MR) is 216 cm³/mol. The predicted octanol–water partition coefficient (Wildman–Crippen LogP) is -2.89. The average Bonchev–Trinajstić information content (AvgIpc) is 3.92. The molecule has 3 rings (SSSR count). The van der Waals surface area contributed by atoms with E-state index in [1.807, 2.05) is 25.6 Å². The van der Waals surface area contributed by atoms with Crippen molar-refractivity contribution in [3.8, 4) is 0 Å². The number of hydrogen-bond acceptors (Lipinski definition) is 12. The number of hydroxylamine groups is 1. The maximum atomic E-state index is 13.4. The van der Waals surface area contributed by atoms with E-state index < -0.39 is 90.8 Å². The number of hydrogen-bond donors (Lipinski definition) is 11. The van der Waals surface area contributed by atoms with Crippen LogP contribution in [0, 0.1) is 11.8 Å². The van der Waals surface area contributed by atoms with Gasteiger partial charge in [-0.25, -0.2) is 10.3 Å². The molecule has 0 radical (unpaired) electrons. The fraction of sp³-hybridized carbons (Fsp3) is 0.730. The number of nitrogens with two attached hydrogens (primary N) is 2. The maximum Gasteiger partial charge on any atom is 0.315 e. The number of primary amides is 2. The summed E-state index contributed by atoms with van der Waals surface area (Å²) in [6.45, 7) is 3.07. The molecule has 0 aromatic carbocycles. The summed E-state index contributed by atoms with van der Waals surface area (Å²) in [6.07, 6.45) is 4.11. The van der Waals surface area contributed by atoms with E-state index in [0.29, 0.717) is 43.9 Å². The summed E-state index contributed by atoms with van der Waals surface area (Å²) in [5.41, 5.74) is 12.3. The number of unbranched alkanes of at least 4 members (excludes halogenated alkanes) is 2. The van der Waals surface area contributed by atoms with Crippen molar-refractivity contribution in [2.24, 2.45) is 23.3 Å². The Morgan fingerprint density at radius 2 is 1.58 bits per heavy atom. The molecule has 23 heteroatoms. The molecule has 0 aromatic rings. The third kappa shape index (κ3) is 16.5. The minimum Gasteiger partial charge on any atom is -0.370 e. The first-order valence-corrected chi connectivity index (χ1v) is 21.4. The van der Waals surface area contributed by atoms with Crippen LogP contribution in [-0.2, 0) is 43.2 Å². The summed E-state index contributed by atoms with van der Waals surface area (Å²) in [6, 6.07) is -3.39. The van der Waals surface area contributed by atoms with Gasteiger partial charge in [0.2, 0.25) is 53.2 Å². The number of carbonyl (C=O) groups excluding carboxylic acids is 10. The van der Waals surface area contributed by atoms with Gasteiger partial charge in [0.25, 0.3) is 0 Å². The van der Waals surface area contributed by atoms with Crippen molar-refractivity contribution in [2.75, 3.05) is 31.9 Å². The lowest BCUT2D eigenvalue weighted by atomic mass is 9.92. The van der Waals surface area contributed by atoms with E-state index in [-0.39, 0.29) is 55.7 Å². The Balaban J connectivity index is 1.35. The van der Waals surface area contributed by atoms with Crippen molar-refractivity contribution in [2.45, 2.75) is 126 Å². The van der Waals surface area contributed by atoms with E-state index in [1.165, 1.54) is 10.4 Å². The van der Waals surface area contributed by atoms with Gasteiger partial charge in [-0.3, -0.25) is 48.4 Å². The van der Waals surface area contributed by atoms with Crippen molar-refractivity contribution in [1.29, 1.82) is 0 Å². The highest BCUT2D eigenvalue weighted by Gasteiger charge is 2.43. The number of likely N-dealkylation sites (tertiary alicyclic amines) is 1. The maximum absolute atomic E-state index is 13.4. The highest BCUT2D eigenvalue weighted by atomic mass is 32.2. The Morgan fingerprint density at radius 1 is 0.850 bits per heavy atom. The van der Waals surface area contributed by atoms with Crippen LogP contribution in [-0.4, -0.2) is 137 Å². The van der Waals surface area contributed by atoms with Crippen molar-refractivity contribution < 1.29 is 53.2 Å². The van der Waals surface area contributed by atoms with Gasteiger partial charge in [0.05, 0.1) is 31.6 Å². The minimum absolute atomic E-state index is 0.0198. The van der Waals surface area contributed by atoms with Crippen LogP contribution in [0.1, 0.15) is 90.9 Å². The van der Waals surface area contributed by atoms with Crippen LogP contribution in [0.5, 0.6) is 0 Å². The van der Waals surface area contributed by atoms with E-state index in [9.17, 15) is 47.9 Å². The number of nitrogens with zero attached hydrogens (tertiary/aromatic N) is 1. The Bertz CT molecular complexity index is 1580. The first-order chi connectivity index (χ1) is 28.5. The lowest BCUT2D eigenvalue weighted by molar-refractivity contribution is -0.145. The van der Waals surface area contributed by atoms with E-state index in [1.54, 1.807) is 0 Å². The number of urea groups is 1.